The third-order valence-electron chi connectivity index (χ3n) is 7.50. The highest BCUT2D eigenvalue weighted by Crippen LogP contribution is 2.48. The highest BCUT2D eigenvalue weighted by Gasteiger charge is 2.43. The first kappa shape index (κ1) is 24.0. The molecule has 4 heteroatoms. The van der Waals surface area contributed by atoms with E-state index in [-0.39, 0.29) is 12.0 Å². The second kappa shape index (κ2) is 11.8. The van der Waals surface area contributed by atoms with Crippen LogP contribution in [0.4, 0.5) is 0 Å². The highest BCUT2D eigenvalue weighted by atomic mass is 16.5. The molecule has 3 aliphatic rings. The number of hydrogen-bond donors (Lipinski definition) is 2. The topological polar surface area (TPSA) is 52.9 Å². The van der Waals surface area contributed by atoms with Gasteiger partial charge in [-0.25, -0.2) is 0 Å². The van der Waals surface area contributed by atoms with Crippen molar-refractivity contribution in [2.75, 3.05) is 32.8 Å². The van der Waals surface area contributed by atoms with Crippen molar-refractivity contribution in [3.63, 3.8) is 0 Å². The molecule has 0 unspecified atom stereocenters. The number of aliphatic hydroxyl groups is 2. The van der Waals surface area contributed by atoms with Crippen LogP contribution in [0, 0.1) is 17.8 Å². The highest BCUT2D eigenvalue weighted by molar-refractivity contribution is 5.20. The molecule has 30 heavy (non-hydrogen) atoms. The van der Waals surface area contributed by atoms with Crippen LogP contribution in [0.5, 0.6) is 0 Å². The van der Waals surface area contributed by atoms with Crippen molar-refractivity contribution < 1.29 is 14.9 Å². The fourth-order valence-electron chi connectivity index (χ4n) is 5.61. The molecule has 0 bridgehead atoms. The summed E-state index contributed by atoms with van der Waals surface area (Å²) in [5, 5.41) is 21.0. The zero-order valence-electron chi connectivity index (χ0n) is 19.4. The summed E-state index contributed by atoms with van der Waals surface area (Å²) in [6.07, 6.45) is 17.3. The summed E-state index contributed by atoms with van der Waals surface area (Å²) in [7, 11) is 0. The van der Waals surface area contributed by atoms with Crippen LogP contribution in [0.15, 0.2) is 23.8 Å². The Bertz CT molecular complexity index is 565. The van der Waals surface area contributed by atoms with Crippen molar-refractivity contribution in [2.45, 2.75) is 89.8 Å². The zero-order chi connectivity index (χ0) is 21.4. The van der Waals surface area contributed by atoms with Gasteiger partial charge in [-0.1, -0.05) is 50.0 Å². The van der Waals surface area contributed by atoms with Gasteiger partial charge in [-0.3, -0.25) is 0 Å². The Morgan fingerprint density at radius 2 is 2.03 bits per heavy atom. The van der Waals surface area contributed by atoms with E-state index in [0.29, 0.717) is 18.3 Å². The standard InChI is InChI=1S/C26H45NO3/c1-3-4-11-26(2,29)12-8-9-23-24-19-21(18-22(24)20-25(23)28)10-16-30-17-15-27-13-6-5-7-14-27/h8-9,18,22-25,28-29H,3-7,10-17,19-20H2,1-2H3/b9-8+/t22-,23+,24-,25+,26-/m0/s1. The Labute approximate surface area is 184 Å². The molecule has 0 aromatic rings. The van der Waals surface area contributed by atoms with Gasteiger partial charge >= 0.3 is 0 Å². The molecule has 0 spiro atoms. The number of nitrogens with zero attached hydrogens (tertiary/aromatic N) is 1. The maximum Gasteiger partial charge on any atom is 0.0654 e. The molecule has 2 N–H and O–H groups in total. The maximum atomic E-state index is 10.5. The normalized spacial score (nSPS) is 31.8. The van der Waals surface area contributed by atoms with Gasteiger partial charge in [0.1, 0.15) is 0 Å². The van der Waals surface area contributed by atoms with Crippen LogP contribution in [0.3, 0.4) is 0 Å². The fourth-order valence-corrected chi connectivity index (χ4v) is 5.61. The lowest BCUT2D eigenvalue weighted by Gasteiger charge is -2.26. The zero-order valence-corrected chi connectivity index (χ0v) is 19.4. The van der Waals surface area contributed by atoms with Crippen LogP contribution in [0.25, 0.3) is 0 Å². The van der Waals surface area contributed by atoms with E-state index in [4.69, 9.17) is 4.74 Å². The molecule has 2 aliphatic carbocycles. The van der Waals surface area contributed by atoms with Gasteiger partial charge in [0.05, 0.1) is 24.9 Å². The Morgan fingerprint density at radius 3 is 2.80 bits per heavy atom. The van der Waals surface area contributed by atoms with Crippen molar-refractivity contribution in [3.05, 3.63) is 23.8 Å². The molecule has 1 heterocycles. The number of unbranched alkanes of at least 4 members (excludes halogenated alkanes) is 1. The minimum atomic E-state index is -0.625. The monoisotopic (exact) mass is 419 g/mol. The number of hydrogen-bond acceptors (Lipinski definition) is 4. The molecule has 3 rings (SSSR count). The van der Waals surface area contributed by atoms with Gasteiger partial charge in [0.25, 0.3) is 0 Å². The average molecular weight is 420 g/mol. The maximum absolute atomic E-state index is 10.5. The number of allylic oxidation sites excluding steroid dienone is 1. The second-order valence-electron chi connectivity index (χ2n) is 10.2. The van der Waals surface area contributed by atoms with Crippen LogP contribution in [0.2, 0.25) is 0 Å². The molecule has 0 amide bonds. The first-order chi connectivity index (χ1) is 14.5. The minimum Gasteiger partial charge on any atom is -0.392 e. The number of aliphatic hydroxyl groups excluding tert-OH is 1. The van der Waals surface area contributed by atoms with E-state index in [9.17, 15) is 10.2 Å². The lowest BCUT2D eigenvalue weighted by atomic mass is 9.88. The third kappa shape index (κ3) is 7.19. The van der Waals surface area contributed by atoms with Gasteiger partial charge in [0, 0.05) is 12.5 Å². The molecule has 0 radical (unpaired) electrons. The van der Waals surface area contributed by atoms with E-state index in [0.717, 1.165) is 58.3 Å². The summed E-state index contributed by atoms with van der Waals surface area (Å²) in [5.74, 6) is 1.27. The third-order valence-corrected chi connectivity index (χ3v) is 7.50. The molecule has 1 saturated carbocycles. The van der Waals surface area contributed by atoms with Crippen molar-refractivity contribution in [2.24, 2.45) is 17.8 Å². The molecule has 5 atom stereocenters. The predicted molar refractivity (Wildman–Crippen MR) is 123 cm³/mol. The largest absolute Gasteiger partial charge is 0.392 e. The molecule has 0 aromatic heterocycles. The van der Waals surface area contributed by atoms with E-state index in [1.165, 1.54) is 37.9 Å². The molecular weight excluding hydrogens is 374 g/mol. The van der Waals surface area contributed by atoms with E-state index in [1.54, 1.807) is 0 Å². The van der Waals surface area contributed by atoms with Crippen LogP contribution in [-0.2, 0) is 4.74 Å². The Kier molecular flexibility index (Phi) is 9.43. The Hall–Kier alpha value is -0.680. The molecule has 172 valence electrons. The quantitative estimate of drug-likeness (QED) is 0.355. The van der Waals surface area contributed by atoms with E-state index < -0.39 is 5.60 Å². The van der Waals surface area contributed by atoms with E-state index in [2.05, 4.69) is 30.1 Å². The summed E-state index contributed by atoms with van der Waals surface area (Å²) in [6, 6.07) is 0. The van der Waals surface area contributed by atoms with Crippen molar-refractivity contribution >= 4 is 0 Å². The first-order valence-corrected chi connectivity index (χ1v) is 12.6. The first-order valence-electron chi connectivity index (χ1n) is 12.6. The van der Waals surface area contributed by atoms with Crippen LogP contribution < -0.4 is 0 Å². The SMILES string of the molecule is CCCC[C@](C)(O)C/C=C/[C@@H]1[C@H]2CC(CCOCCN3CCCCC3)=C[C@H]2C[C@H]1O. The lowest BCUT2D eigenvalue weighted by Crippen LogP contribution is -2.32. The Morgan fingerprint density at radius 1 is 1.23 bits per heavy atom. The number of piperidine rings is 1. The molecule has 4 nitrogen and oxygen atoms in total. The van der Waals surface area contributed by atoms with Crippen LogP contribution in [0.1, 0.15) is 78.1 Å². The molecule has 1 aliphatic heterocycles. The number of fused-ring (bicyclic) bond motifs is 1. The van der Waals surface area contributed by atoms with Crippen molar-refractivity contribution in [1.82, 2.24) is 4.90 Å². The lowest BCUT2D eigenvalue weighted by molar-refractivity contribution is 0.0513. The number of rotatable bonds is 12. The van der Waals surface area contributed by atoms with Crippen molar-refractivity contribution in [1.29, 1.82) is 0 Å². The average Bonchev–Trinajstić information content (AvgIpc) is 3.24. The number of ether oxygens (including phenoxy) is 1. The molecule has 1 saturated heterocycles. The molecule has 0 aromatic carbocycles. The Balaban J connectivity index is 1.36. The molecule has 2 fully saturated rings. The summed E-state index contributed by atoms with van der Waals surface area (Å²) >= 11 is 0. The van der Waals surface area contributed by atoms with E-state index >= 15 is 0 Å². The minimum absolute atomic E-state index is 0.228. The summed E-state index contributed by atoms with van der Waals surface area (Å²) in [4.78, 5) is 2.53. The number of likely N-dealkylation sites (tertiary alicyclic amines) is 1. The second-order valence-corrected chi connectivity index (χ2v) is 10.2. The van der Waals surface area contributed by atoms with Gasteiger partial charge in [0.15, 0.2) is 0 Å². The van der Waals surface area contributed by atoms with Gasteiger partial charge in [-0.15, -0.1) is 0 Å². The predicted octanol–water partition coefficient (Wildman–Crippen LogP) is 4.71. The van der Waals surface area contributed by atoms with Gasteiger partial charge in [-0.05, 0) is 76.8 Å². The van der Waals surface area contributed by atoms with E-state index in [1.807, 2.05) is 6.92 Å². The van der Waals surface area contributed by atoms with Crippen LogP contribution in [-0.4, -0.2) is 59.7 Å². The summed E-state index contributed by atoms with van der Waals surface area (Å²) in [6.45, 7) is 9.31. The molecular formula is C26H45NO3. The summed E-state index contributed by atoms with van der Waals surface area (Å²) in [5.41, 5.74) is 0.892. The van der Waals surface area contributed by atoms with Gasteiger partial charge in [0.2, 0.25) is 0 Å². The van der Waals surface area contributed by atoms with Crippen molar-refractivity contribution in [3.8, 4) is 0 Å². The fraction of sp³-hybridized carbons (Fsp3) is 0.846. The summed E-state index contributed by atoms with van der Waals surface area (Å²) < 4.78 is 5.93. The van der Waals surface area contributed by atoms with Gasteiger partial charge < -0.3 is 19.8 Å². The smallest absolute Gasteiger partial charge is 0.0654 e. The van der Waals surface area contributed by atoms with Crippen LogP contribution >= 0.6 is 0 Å². The van der Waals surface area contributed by atoms with Gasteiger partial charge in [-0.2, -0.15) is 0 Å².